The lowest BCUT2D eigenvalue weighted by atomic mass is 10.1. The predicted molar refractivity (Wildman–Crippen MR) is 117 cm³/mol. The van der Waals surface area contributed by atoms with E-state index in [9.17, 15) is 4.79 Å². The summed E-state index contributed by atoms with van der Waals surface area (Å²) in [5.41, 5.74) is 3.15. The molecule has 29 heavy (non-hydrogen) atoms. The van der Waals surface area contributed by atoms with Crippen molar-refractivity contribution in [2.45, 2.75) is 46.1 Å². The van der Waals surface area contributed by atoms with Crippen LogP contribution in [0.2, 0.25) is 0 Å². The molecule has 0 saturated carbocycles. The van der Waals surface area contributed by atoms with Crippen molar-refractivity contribution in [1.29, 1.82) is 0 Å². The number of carbonyl (C=O) groups excluding carboxylic acids is 1. The fraction of sp³-hybridized carbons (Fsp3) is 0.391. The van der Waals surface area contributed by atoms with Gasteiger partial charge in [0, 0.05) is 19.1 Å². The van der Waals surface area contributed by atoms with Crippen LogP contribution in [0.15, 0.2) is 59.6 Å². The van der Waals surface area contributed by atoms with Gasteiger partial charge in [-0.05, 0) is 37.5 Å². The Bertz CT molecular complexity index is 798. The molecule has 0 aliphatic rings. The first kappa shape index (κ1) is 22.4. The number of amides is 1. The third-order valence-corrected chi connectivity index (χ3v) is 4.09. The maximum absolute atomic E-state index is 12.0. The van der Waals surface area contributed by atoms with Gasteiger partial charge in [-0.2, -0.15) is 0 Å². The van der Waals surface area contributed by atoms with Crippen molar-refractivity contribution in [3.63, 3.8) is 0 Å². The Labute approximate surface area is 173 Å². The first-order chi connectivity index (χ1) is 13.9. The summed E-state index contributed by atoms with van der Waals surface area (Å²) in [4.78, 5) is 16.2. The highest BCUT2D eigenvalue weighted by Gasteiger charge is 2.13. The number of aliphatic imine (C=N–C) groups is 1. The van der Waals surface area contributed by atoms with Crippen molar-refractivity contribution in [1.82, 2.24) is 16.0 Å². The monoisotopic (exact) mass is 396 g/mol. The van der Waals surface area contributed by atoms with Crippen LogP contribution in [0.5, 0.6) is 0 Å². The van der Waals surface area contributed by atoms with Crippen LogP contribution in [0.1, 0.15) is 37.5 Å². The van der Waals surface area contributed by atoms with E-state index >= 15 is 0 Å². The van der Waals surface area contributed by atoms with Gasteiger partial charge in [0.1, 0.15) is 0 Å². The summed E-state index contributed by atoms with van der Waals surface area (Å²) in [6.07, 6.45) is 0. The molecule has 0 fully saturated rings. The van der Waals surface area contributed by atoms with Gasteiger partial charge in [0.05, 0.1) is 19.8 Å². The van der Waals surface area contributed by atoms with E-state index in [1.807, 2.05) is 51.1 Å². The highest BCUT2D eigenvalue weighted by Crippen LogP contribution is 2.11. The Morgan fingerprint density at radius 3 is 2.24 bits per heavy atom. The van der Waals surface area contributed by atoms with Gasteiger partial charge in [0.25, 0.3) is 0 Å². The third-order valence-electron chi connectivity index (χ3n) is 4.09. The van der Waals surface area contributed by atoms with Crippen molar-refractivity contribution in [2.75, 3.05) is 13.6 Å². The number of rotatable bonds is 8. The minimum atomic E-state index is -0.256. The Morgan fingerprint density at radius 2 is 1.59 bits per heavy atom. The number of carbonyl (C=O) groups is 1. The summed E-state index contributed by atoms with van der Waals surface area (Å²) in [6.45, 7) is 7.73. The molecule has 0 atom stereocenters. The van der Waals surface area contributed by atoms with Crippen molar-refractivity contribution in [3.05, 3.63) is 71.3 Å². The van der Waals surface area contributed by atoms with E-state index in [2.05, 4.69) is 45.2 Å². The number of ether oxygens (including phenoxy) is 1. The smallest absolute Gasteiger partial charge is 0.239 e. The van der Waals surface area contributed by atoms with Gasteiger partial charge in [-0.3, -0.25) is 9.79 Å². The average Bonchev–Trinajstić information content (AvgIpc) is 2.68. The van der Waals surface area contributed by atoms with E-state index in [1.54, 1.807) is 7.05 Å². The summed E-state index contributed by atoms with van der Waals surface area (Å²) in [5, 5.41) is 9.21. The Morgan fingerprint density at radius 1 is 0.931 bits per heavy atom. The summed E-state index contributed by atoms with van der Waals surface area (Å²) in [7, 11) is 1.69. The van der Waals surface area contributed by atoms with Crippen LogP contribution < -0.4 is 16.0 Å². The van der Waals surface area contributed by atoms with Gasteiger partial charge in [0.2, 0.25) is 5.91 Å². The zero-order valence-corrected chi connectivity index (χ0v) is 17.8. The SMILES string of the molecule is CN=C(NCC(=O)NC(C)(C)C)NCc1ccccc1COCc1ccccc1. The van der Waals surface area contributed by atoms with Crippen LogP contribution >= 0.6 is 0 Å². The largest absolute Gasteiger partial charge is 0.372 e. The van der Waals surface area contributed by atoms with Crippen LogP contribution in [-0.2, 0) is 29.3 Å². The molecule has 6 heteroatoms. The Kier molecular flexibility index (Phi) is 8.68. The van der Waals surface area contributed by atoms with Crippen molar-refractivity contribution in [3.8, 4) is 0 Å². The lowest BCUT2D eigenvalue weighted by Gasteiger charge is -2.21. The molecule has 3 N–H and O–H groups in total. The lowest BCUT2D eigenvalue weighted by Crippen LogP contribution is -2.48. The van der Waals surface area contributed by atoms with Crippen molar-refractivity contribution >= 4 is 11.9 Å². The van der Waals surface area contributed by atoms with Crippen LogP contribution in [0.25, 0.3) is 0 Å². The lowest BCUT2D eigenvalue weighted by molar-refractivity contribution is -0.121. The molecule has 0 radical (unpaired) electrons. The average molecular weight is 397 g/mol. The van der Waals surface area contributed by atoms with Crippen LogP contribution in [0.4, 0.5) is 0 Å². The number of hydrogen-bond acceptors (Lipinski definition) is 3. The van der Waals surface area contributed by atoms with E-state index < -0.39 is 0 Å². The first-order valence-corrected chi connectivity index (χ1v) is 9.81. The molecule has 1 amide bonds. The number of hydrogen-bond donors (Lipinski definition) is 3. The molecule has 0 heterocycles. The molecular formula is C23H32N4O2. The quantitative estimate of drug-likeness (QED) is 0.474. The predicted octanol–water partition coefficient (Wildman–Crippen LogP) is 2.98. The zero-order valence-electron chi connectivity index (χ0n) is 17.8. The number of benzene rings is 2. The minimum Gasteiger partial charge on any atom is -0.372 e. The molecule has 0 spiro atoms. The molecule has 6 nitrogen and oxygen atoms in total. The van der Waals surface area contributed by atoms with E-state index in [4.69, 9.17) is 4.74 Å². The molecule has 156 valence electrons. The summed E-state index contributed by atoms with van der Waals surface area (Å²) < 4.78 is 5.88. The van der Waals surface area contributed by atoms with Crippen molar-refractivity contribution < 1.29 is 9.53 Å². The van der Waals surface area contributed by atoms with E-state index in [0.717, 1.165) is 16.7 Å². The molecule has 2 aromatic rings. The van der Waals surface area contributed by atoms with Gasteiger partial charge in [-0.1, -0.05) is 54.6 Å². The molecular weight excluding hydrogens is 364 g/mol. The molecule has 0 bridgehead atoms. The van der Waals surface area contributed by atoms with E-state index in [1.165, 1.54) is 0 Å². The molecule has 0 aromatic heterocycles. The Balaban J connectivity index is 1.83. The fourth-order valence-electron chi connectivity index (χ4n) is 2.75. The molecule has 0 unspecified atom stereocenters. The molecule has 0 aliphatic carbocycles. The van der Waals surface area contributed by atoms with E-state index in [-0.39, 0.29) is 18.0 Å². The molecule has 0 saturated heterocycles. The van der Waals surface area contributed by atoms with Crippen molar-refractivity contribution in [2.24, 2.45) is 4.99 Å². The highest BCUT2D eigenvalue weighted by atomic mass is 16.5. The van der Waals surface area contributed by atoms with Crippen LogP contribution in [0.3, 0.4) is 0 Å². The van der Waals surface area contributed by atoms with E-state index in [0.29, 0.717) is 25.7 Å². The number of nitrogens with zero attached hydrogens (tertiary/aromatic N) is 1. The first-order valence-electron chi connectivity index (χ1n) is 9.81. The van der Waals surface area contributed by atoms with Gasteiger partial charge < -0.3 is 20.7 Å². The second-order valence-electron chi connectivity index (χ2n) is 7.82. The summed E-state index contributed by atoms with van der Waals surface area (Å²) >= 11 is 0. The third kappa shape index (κ3) is 8.79. The van der Waals surface area contributed by atoms with Gasteiger partial charge in [-0.15, -0.1) is 0 Å². The highest BCUT2D eigenvalue weighted by molar-refractivity contribution is 5.86. The van der Waals surface area contributed by atoms with Crippen LogP contribution in [0, 0.1) is 0 Å². The molecule has 2 rings (SSSR count). The fourth-order valence-corrected chi connectivity index (χ4v) is 2.75. The van der Waals surface area contributed by atoms with Crippen LogP contribution in [-0.4, -0.2) is 31.0 Å². The number of guanidine groups is 1. The van der Waals surface area contributed by atoms with Gasteiger partial charge in [-0.25, -0.2) is 0 Å². The summed E-state index contributed by atoms with van der Waals surface area (Å²) in [5.74, 6) is 0.504. The maximum atomic E-state index is 12.0. The molecule has 0 aliphatic heterocycles. The summed E-state index contributed by atoms with van der Waals surface area (Å²) in [6, 6.07) is 18.3. The second-order valence-corrected chi connectivity index (χ2v) is 7.82. The number of nitrogens with one attached hydrogen (secondary N) is 3. The Hall–Kier alpha value is -2.86. The van der Waals surface area contributed by atoms with Gasteiger partial charge in [0.15, 0.2) is 5.96 Å². The van der Waals surface area contributed by atoms with Gasteiger partial charge >= 0.3 is 0 Å². The normalized spacial score (nSPS) is 11.8. The topological polar surface area (TPSA) is 74.8 Å². The zero-order chi connectivity index (χ0) is 21.1. The standard InChI is InChI=1S/C23H32N4O2/c1-23(2,3)27-21(28)15-26-22(24-4)25-14-19-12-8-9-13-20(19)17-29-16-18-10-6-5-7-11-18/h5-13H,14-17H2,1-4H3,(H,27,28)(H2,24,25,26). The maximum Gasteiger partial charge on any atom is 0.239 e. The molecule has 2 aromatic carbocycles. The second kappa shape index (κ2) is 11.2. The minimum absolute atomic E-state index is 0.0739.